The van der Waals surface area contributed by atoms with Crippen molar-refractivity contribution in [3.05, 3.63) is 83.6 Å². The molecular formula is C22H21N3O3. The van der Waals surface area contributed by atoms with Crippen LogP contribution in [0.1, 0.15) is 33.2 Å². The highest BCUT2D eigenvalue weighted by molar-refractivity contribution is 6.13. The second-order valence-corrected chi connectivity index (χ2v) is 6.11. The molecule has 3 rings (SSSR count). The van der Waals surface area contributed by atoms with Crippen LogP contribution in [0.2, 0.25) is 0 Å². The van der Waals surface area contributed by atoms with Gasteiger partial charge in [-0.15, -0.1) is 0 Å². The van der Waals surface area contributed by atoms with E-state index in [4.69, 9.17) is 4.74 Å². The van der Waals surface area contributed by atoms with Crippen molar-refractivity contribution in [2.24, 2.45) is 0 Å². The Labute approximate surface area is 163 Å². The second-order valence-electron chi connectivity index (χ2n) is 6.11. The fourth-order valence-electron chi connectivity index (χ4n) is 2.72. The predicted molar refractivity (Wildman–Crippen MR) is 109 cm³/mol. The Balaban J connectivity index is 1.82. The smallest absolute Gasteiger partial charge is 0.261 e. The third-order valence-electron chi connectivity index (χ3n) is 3.99. The van der Waals surface area contributed by atoms with Gasteiger partial charge < -0.3 is 15.4 Å². The van der Waals surface area contributed by atoms with Crippen molar-refractivity contribution in [2.45, 2.75) is 13.8 Å². The molecule has 0 aliphatic heterocycles. The van der Waals surface area contributed by atoms with Gasteiger partial charge in [0.25, 0.3) is 11.8 Å². The van der Waals surface area contributed by atoms with E-state index in [1.807, 2.05) is 38.1 Å². The Morgan fingerprint density at radius 2 is 1.68 bits per heavy atom. The van der Waals surface area contributed by atoms with Gasteiger partial charge in [-0.1, -0.05) is 24.3 Å². The Morgan fingerprint density at radius 1 is 0.929 bits per heavy atom. The number of nitrogens with zero attached hydrogens (tertiary/aromatic N) is 1. The van der Waals surface area contributed by atoms with Gasteiger partial charge in [0, 0.05) is 11.9 Å². The van der Waals surface area contributed by atoms with Crippen LogP contribution < -0.4 is 15.4 Å². The first-order valence-corrected chi connectivity index (χ1v) is 8.94. The molecule has 2 amide bonds. The maximum atomic E-state index is 12.7. The molecule has 2 N–H and O–H groups in total. The molecule has 0 fully saturated rings. The molecule has 0 radical (unpaired) electrons. The van der Waals surface area contributed by atoms with Gasteiger partial charge in [0.2, 0.25) is 5.88 Å². The highest BCUT2D eigenvalue weighted by atomic mass is 16.5. The van der Waals surface area contributed by atoms with Gasteiger partial charge in [0.15, 0.2) is 0 Å². The molecule has 142 valence electrons. The first-order valence-electron chi connectivity index (χ1n) is 8.94. The van der Waals surface area contributed by atoms with Crippen LogP contribution in [0.4, 0.5) is 11.4 Å². The number of benzene rings is 2. The summed E-state index contributed by atoms with van der Waals surface area (Å²) in [7, 11) is 0. The molecule has 0 unspecified atom stereocenters. The molecule has 28 heavy (non-hydrogen) atoms. The number of carbonyl (C=O) groups excluding carboxylic acids is 2. The number of aromatic nitrogens is 1. The molecule has 1 aromatic heterocycles. The third-order valence-corrected chi connectivity index (χ3v) is 3.99. The fourth-order valence-corrected chi connectivity index (χ4v) is 2.72. The standard InChI is InChI=1S/C22H21N3O3/c1-3-28-22-18(11-7-13-23-22)21(27)25-19-12-5-4-10-17(19)20(26)24-16-9-6-8-15(2)14-16/h4-14H,3H2,1-2H3,(H,24,26)(H,25,27). The van der Waals surface area contributed by atoms with Gasteiger partial charge in [0.05, 0.1) is 17.9 Å². The minimum absolute atomic E-state index is 0.254. The van der Waals surface area contributed by atoms with Crippen LogP contribution in [0.5, 0.6) is 5.88 Å². The number of aryl methyl sites for hydroxylation is 1. The summed E-state index contributed by atoms with van der Waals surface area (Å²) in [6.07, 6.45) is 1.56. The van der Waals surface area contributed by atoms with Crippen molar-refractivity contribution in [1.82, 2.24) is 4.98 Å². The van der Waals surface area contributed by atoms with Crippen LogP contribution in [-0.4, -0.2) is 23.4 Å². The number of nitrogens with one attached hydrogen (secondary N) is 2. The lowest BCUT2D eigenvalue weighted by Crippen LogP contribution is -2.19. The lowest BCUT2D eigenvalue weighted by Gasteiger charge is -2.13. The number of carbonyl (C=O) groups is 2. The van der Waals surface area contributed by atoms with Gasteiger partial charge in [-0.25, -0.2) is 4.98 Å². The van der Waals surface area contributed by atoms with E-state index < -0.39 is 5.91 Å². The first-order chi connectivity index (χ1) is 13.6. The summed E-state index contributed by atoms with van der Waals surface area (Å²) in [5.74, 6) is -0.450. The molecule has 0 atom stereocenters. The van der Waals surface area contributed by atoms with E-state index in [1.54, 1.807) is 42.6 Å². The van der Waals surface area contributed by atoms with Gasteiger partial charge in [-0.3, -0.25) is 9.59 Å². The van der Waals surface area contributed by atoms with Gasteiger partial charge in [0.1, 0.15) is 5.56 Å². The summed E-state index contributed by atoms with van der Waals surface area (Å²) in [6.45, 7) is 4.17. The minimum Gasteiger partial charge on any atom is -0.477 e. The normalized spacial score (nSPS) is 10.2. The van der Waals surface area contributed by atoms with E-state index in [-0.39, 0.29) is 11.8 Å². The topological polar surface area (TPSA) is 80.3 Å². The summed E-state index contributed by atoms with van der Waals surface area (Å²) in [5.41, 5.74) is 2.80. The van der Waals surface area contributed by atoms with E-state index in [2.05, 4.69) is 15.6 Å². The number of amides is 2. The SMILES string of the molecule is CCOc1ncccc1C(=O)Nc1ccccc1C(=O)Nc1cccc(C)c1. The number of anilines is 2. The molecule has 1 heterocycles. The zero-order valence-corrected chi connectivity index (χ0v) is 15.7. The first kappa shape index (κ1) is 19.1. The van der Waals surface area contributed by atoms with Crippen molar-refractivity contribution >= 4 is 23.2 Å². The van der Waals surface area contributed by atoms with Gasteiger partial charge >= 0.3 is 0 Å². The van der Waals surface area contributed by atoms with Crippen LogP contribution >= 0.6 is 0 Å². The van der Waals surface area contributed by atoms with Gasteiger partial charge in [-0.2, -0.15) is 0 Å². The molecule has 3 aromatic rings. The molecule has 0 aliphatic rings. The van der Waals surface area contributed by atoms with Crippen molar-refractivity contribution in [2.75, 3.05) is 17.2 Å². The zero-order valence-electron chi connectivity index (χ0n) is 15.7. The molecule has 0 bridgehead atoms. The number of pyridine rings is 1. The maximum absolute atomic E-state index is 12.7. The highest BCUT2D eigenvalue weighted by Gasteiger charge is 2.17. The number of rotatable bonds is 6. The number of hydrogen-bond donors (Lipinski definition) is 2. The van der Waals surface area contributed by atoms with E-state index >= 15 is 0 Å². The number of ether oxygens (including phenoxy) is 1. The van der Waals surface area contributed by atoms with Crippen LogP contribution in [-0.2, 0) is 0 Å². The van der Waals surface area contributed by atoms with Crippen molar-refractivity contribution in [1.29, 1.82) is 0 Å². The molecule has 6 nitrogen and oxygen atoms in total. The molecule has 6 heteroatoms. The molecule has 0 saturated heterocycles. The van der Waals surface area contributed by atoms with E-state index in [0.29, 0.717) is 29.1 Å². The lowest BCUT2D eigenvalue weighted by molar-refractivity contribution is 0.102. The van der Waals surface area contributed by atoms with E-state index in [1.165, 1.54) is 0 Å². The van der Waals surface area contributed by atoms with E-state index in [0.717, 1.165) is 5.56 Å². The lowest BCUT2D eigenvalue weighted by atomic mass is 10.1. The number of hydrogen-bond acceptors (Lipinski definition) is 4. The van der Waals surface area contributed by atoms with Crippen LogP contribution in [0.25, 0.3) is 0 Å². The van der Waals surface area contributed by atoms with E-state index in [9.17, 15) is 9.59 Å². The van der Waals surface area contributed by atoms with Crippen LogP contribution in [0.3, 0.4) is 0 Å². The van der Waals surface area contributed by atoms with Crippen LogP contribution in [0, 0.1) is 6.92 Å². The maximum Gasteiger partial charge on any atom is 0.261 e. The average Bonchev–Trinajstić information content (AvgIpc) is 2.69. The van der Waals surface area contributed by atoms with Crippen molar-refractivity contribution in [3.8, 4) is 5.88 Å². The Bertz CT molecular complexity index is 1000. The van der Waals surface area contributed by atoms with Crippen molar-refractivity contribution in [3.63, 3.8) is 0 Å². The fraction of sp³-hybridized carbons (Fsp3) is 0.136. The number of para-hydroxylation sites is 1. The second kappa shape index (κ2) is 8.81. The van der Waals surface area contributed by atoms with Crippen LogP contribution in [0.15, 0.2) is 66.9 Å². The largest absolute Gasteiger partial charge is 0.477 e. The Morgan fingerprint density at radius 3 is 2.46 bits per heavy atom. The molecule has 0 aliphatic carbocycles. The molecule has 0 saturated carbocycles. The molecule has 0 spiro atoms. The predicted octanol–water partition coefficient (Wildman–Crippen LogP) is 4.29. The van der Waals surface area contributed by atoms with Crippen molar-refractivity contribution < 1.29 is 14.3 Å². The molecular weight excluding hydrogens is 354 g/mol. The Hall–Kier alpha value is -3.67. The monoisotopic (exact) mass is 375 g/mol. The third kappa shape index (κ3) is 4.54. The summed E-state index contributed by atoms with van der Waals surface area (Å²) < 4.78 is 5.41. The highest BCUT2D eigenvalue weighted by Crippen LogP contribution is 2.21. The summed E-state index contributed by atoms with van der Waals surface area (Å²) in [5, 5.41) is 5.64. The summed E-state index contributed by atoms with van der Waals surface area (Å²) >= 11 is 0. The Kier molecular flexibility index (Phi) is 6.01. The minimum atomic E-state index is -0.396. The summed E-state index contributed by atoms with van der Waals surface area (Å²) in [6, 6.07) is 17.6. The van der Waals surface area contributed by atoms with Gasteiger partial charge in [-0.05, 0) is 55.8 Å². The summed E-state index contributed by atoms with van der Waals surface area (Å²) in [4.78, 5) is 29.5. The molecule has 2 aromatic carbocycles. The quantitative estimate of drug-likeness (QED) is 0.673. The zero-order chi connectivity index (χ0) is 19.9. The average molecular weight is 375 g/mol.